The summed E-state index contributed by atoms with van der Waals surface area (Å²) in [5, 5.41) is 6.85. The Balaban J connectivity index is 1.98. The molecule has 23 heavy (non-hydrogen) atoms. The van der Waals surface area contributed by atoms with Gasteiger partial charge in [-0.05, 0) is 45.0 Å². The quantitative estimate of drug-likeness (QED) is 0.807. The van der Waals surface area contributed by atoms with Gasteiger partial charge in [0.1, 0.15) is 5.82 Å². The number of nitrogens with zero attached hydrogens (tertiary/aromatic N) is 2. The molecule has 0 aliphatic carbocycles. The van der Waals surface area contributed by atoms with E-state index in [-0.39, 0.29) is 6.04 Å². The van der Waals surface area contributed by atoms with E-state index in [1.165, 1.54) is 6.92 Å². The van der Waals surface area contributed by atoms with Crippen molar-refractivity contribution in [1.29, 1.82) is 0 Å². The van der Waals surface area contributed by atoms with Crippen molar-refractivity contribution in [1.82, 2.24) is 9.78 Å². The summed E-state index contributed by atoms with van der Waals surface area (Å²) in [4.78, 5) is 24.2. The summed E-state index contributed by atoms with van der Waals surface area (Å²) in [5.41, 5.74) is 0.389. The summed E-state index contributed by atoms with van der Waals surface area (Å²) in [7, 11) is 0. The highest BCUT2D eigenvalue weighted by atomic mass is 79.9. The molecule has 0 fully saturated rings. The summed E-state index contributed by atoms with van der Waals surface area (Å²) >= 11 is 3.30. The SMILES string of the molecule is CC(C)n1nccc1NC(=O)[C@H](C)OC(=O)c1ccc(Br)cc1. The molecule has 7 heteroatoms. The number of carbonyl (C=O) groups is 2. The first kappa shape index (κ1) is 17.2. The molecule has 0 aliphatic rings. The smallest absolute Gasteiger partial charge is 0.338 e. The van der Waals surface area contributed by atoms with Crippen molar-refractivity contribution < 1.29 is 14.3 Å². The van der Waals surface area contributed by atoms with Crippen LogP contribution in [0.4, 0.5) is 5.82 Å². The maximum absolute atomic E-state index is 12.2. The van der Waals surface area contributed by atoms with Crippen LogP contribution in [0.1, 0.15) is 37.2 Å². The molecule has 0 aliphatic heterocycles. The summed E-state index contributed by atoms with van der Waals surface area (Å²) in [6.07, 6.45) is 0.690. The van der Waals surface area contributed by atoms with E-state index in [1.54, 1.807) is 41.2 Å². The summed E-state index contributed by atoms with van der Waals surface area (Å²) in [6, 6.07) is 8.54. The molecule has 1 amide bonds. The third kappa shape index (κ3) is 4.41. The van der Waals surface area contributed by atoms with Crippen LogP contribution >= 0.6 is 15.9 Å². The standard InChI is InChI=1S/C16H18BrN3O3/c1-10(2)20-14(8-9-18-20)19-15(21)11(3)23-16(22)12-4-6-13(17)7-5-12/h4-11H,1-3H3,(H,19,21)/t11-/m0/s1. The van der Waals surface area contributed by atoms with E-state index in [0.29, 0.717) is 11.4 Å². The topological polar surface area (TPSA) is 73.2 Å². The minimum atomic E-state index is -0.915. The van der Waals surface area contributed by atoms with Gasteiger partial charge < -0.3 is 10.1 Å². The number of anilines is 1. The lowest BCUT2D eigenvalue weighted by Gasteiger charge is -2.15. The van der Waals surface area contributed by atoms with Gasteiger partial charge in [0.15, 0.2) is 6.10 Å². The Kier molecular flexibility index (Phi) is 5.54. The Bertz CT molecular complexity index is 695. The Hall–Kier alpha value is -2.15. The van der Waals surface area contributed by atoms with E-state index in [0.717, 1.165) is 4.47 Å². The molecule has 6 nitrogen and oxygen atoms in total. The van der Waals surface area contributed by atoms with Crippen LogP contribution in [-0.2, 0) is 9.53 Å². The highest BCUT2D eigenvalue weighted by molar-refractivity contribution is 9.10. The van der Waals surface area contributed by atoms with Crippen molar-refractivity contribution in [2.24, 2.45) is 0 Å². The minimum Gasteiger partial charge on any atom is -0.449 e. The number of ether oxygens (including phenoxy) is 1. The van der Waals surface area contributed by atoms with Gasteiger partial charge in [0.25, 0.3) is 5.91 Å². The van der Waals surface area contributed by atoms with Gasteiger partial charge >= 0.3 is 5.97 Å². The predicted octanol–water partition coefficient (Wildman–Crippen LogP) is 3.41. The van der Waals surface area contributed by atoms with Crippen LogP contribution in [0.15, 0.2) is 41.0 Å². The van der Waals surface area contributed by atoms with Crippen molar-refractivity contribution in [3.8, 4) is 0 Å². The van der Waals surface area contributed by atoms with Crippen molar-refractivity contribution in [3.05, 3.63) is 46.6 Å². The van der Waals surface area contributed by atoms with Gasteiger partial charge in [0, 0.05) is 16.6 Å². The van der Waals surface area contributed by atoms with Crippen LogP contribution in [0.5, 0.6) is 0 Å². The molecule has 1 heterocycles. The first-order valence-electron chi connectivity index (χ1n) is 7.19. The second-order valence-corrected chi connectivity index (χ2v) is 6.21. The van der Waals surface area contributed by atoms with Gasteiger partial charge in [-0.25, -0.2) is 9.48 Å². The maximum Gasteiger partial charge on any atom is 0.338 e. The van der Waals surface area contributed by atoms with Gasteiger partial charge in [0.05, 0.1) is 11.8 Å². The highest BCUT2D eigenvalue weighted by Crippen LogP contribution is 2.15. The molecule has 0 saturated heterocycles. The molecule has 0 bridgehead atoms. The first-order valence-corrected chi connectivity index (χ1v) is 7.98. The second kappa shape index (κ2) is 7.41. The monoisotopic (exact) mass is 379 g/mol. The lowest BCUT2D eigenvalue weighted by molar-refractivity contribution is -0.123. The average molecular weight is 380 g/mol. The van der Waals surface area contributed by atoms with E-state index in [4.69, 9.17) is 4.74 Å². The molecule has 0 radical (unpaired) electrons. The number of halogens is 1. The number of benzene rings is 1. The zero-order chi connectivity index (χ0) is 17.0. The van der Waals surface area contributed by atoms with Gasteiger partial charge in [-0.2, -0.15) is 5.10 Å². The molecule has 1 N–H and O–H groups in total. The predicted molar refractivity (Wildman–Crippen MR) is 90.3 cm³/mol. The molecule has 0 spiro atoms. The van der Waals surface area contributed by atoms with Crippen LogP contribution < -0.4 is 5.32 Å². The van der Waals surface area contributed by atoms with Crippen molar-refractivity contribution in [3.63, 3.8) is 0 Å². The zero-order valence-electron chi connectivity index (χ0n) is 13.1. The number of carbonyl (C=O) groups excluding carboxylic acids is 2. The third-order valence-corrected chi connectivity index (χ3v) is 3.67. The van der Waals surface area contributed by atoms with Crippen LogP contribution in [0.2, 0.25) is 0 Å². The largest absolute Gasteiger partial charge is 0.449 e. The van der Waals surface area contributed by atoms with Crippen molar-refractivity contribution in [2.45, 2.75) is 32.9 Å². The summed E-state index contributed by atoms with van der Waals surface area (Å²) < 4.78 is 7.74. The van der Waals surface area contributed by atoms with Crippen LogP contribution in [0.3, 0.4) is 0 Å². The molecule has 1 atom stereocenters. The van der Waals surface area contributed by atoms with E-state index in [1.807, 2.05) is 13.8 Å². The van der Waals surface area contributed by atoms with E-state index < -0.39 is 18.0 Å². The first-order chi connectivity index (χ1) is 10.9. The van der Waals surface area contributed by atoms with Crippen LogP contribution in [-0.4, -0.2) is 27.8 Å². The molecule has 1 aromatic heterocycles. The third-order valence-electron chi connectivity index (χ3n) is 3.14. The Morgan fingerprint density at radius 3 is 2.43 bits per heavy atom. The lowest BCUT2D eigenvalue weighted by Crippen LogP contribution is -2.31. The van der Waals surface area contributed by atoms with E-state index >= 15 is 0 Å². The Labute approximate surface area is 143 Å². The van der Waals surface area contributed by atoms with Crippen molar-refractivity contribution in [2.75, 3.05) is 5.32 Å². The minimum absolute atomic E-state index is 0.112. The molecular weight excluding hydrogens is 362 g/mol. The number of aromatic nitrogens is 2. The second-order valence-electron chi connectivity index (χ2n) is 5.30. The van der Waals surface area contributed by atoms with Gasteiger partial charge in [-0.15, -0.1) is 0 Å². The molecule has 1 aromatic carbocycles. The molecular formula is C16H18BrN3O3. The van der Waals surface area contributed by atoms with E-state index in [9.17, 15) is 9.59 Å². The number of nitrogens with one attached hydrogen (secondary N) is 1. The fourth-order valence-electron chi connectivity index (χ4n) is 1.92. The summed E-state index contributed by atoms with van der Waals surface area (Å²) in [5.74, 6) is -0.382. The Morgan fingerprint density at radius 2 is 1.83 bits per heavy atom. The number of amides is 1. The number of esters is 1. The fourth-order valence-corrected chi connectivity index (χ4v) is 2.19. The fraction of sp³-hybridized carbons (Fsp3) is 0.312. The maximum atomic E-state index is 12.2. The normalized spacial score (nSPS) is 12.0. The van der Waals surface area contributed by atoms with Crippen LogP contribution in [0, 0.1) is 0 Å². The number of hydrogen-bond donors (Lipinski definition) is 1. The average Bonchev–Trinajstić information content (AvgIpc) is 2.96. The number of rotatable bonds is 5. The molecule has 0 saturated carbocycles. The van der Waals surface area contributed by atoms with Gasteiger partial charge in [0.2, 0.25) is 0 Å². The lowest BCUT2D eigenvalue weighted by atomic mass is 10.2. The number of hydrogen-bond acceptors (Lipinski definition) is 4. The molecule has 0 unspecified atom stereocenters. The van der Waals surface area contributed by atoms with E-state index in [2.05, 4.69) is 26.3 Å². The van der Waals surface area contributed by atoms with Gasteiger partial charge in [-0.3, -0.25) is 4.79 Å². The van der Waals surface area contributed by atoms with Crippen LogP contribution in [0.25, 0.3) is 0 Å². The molecule has 2 rings (SSSR count). The van der Waals surface area contributed by atoms with Crippen molar-refractivity contribution >= 4 is 33.6 Å². The summed E-state index contributed by atoms with van der Waals surface area (Å²) in [6.45, 7) is 5.45. The Morgan fingerprint density at radius 1 is 1.17 bits per heavy atom. The zero-order valence-corrected chi connectivity index (χ0v) is 14.7. The molecule has 122 valence electrons. The highest BCUT2D eigenvalue weighted by Gasteiger charge is 2.20. The van der Waals surface area contributed by atoms with Gasteiger partial charge in [-0.1, -0.05) is 15.9 Å². The molecule has 2 aromatic rings.